The van der Waals surface area contributed by atoms with E-state index in [1.54, 1.807) is 18.7 Å². The summed E-state index contributed by atoms with van der Waals surface area (Å²) in [4.78, 5) is 20.4. The summed E-state index contributed by atoms with van der Waals surface area (Å²) in [5.74, 6) is 0. The first-order chi connectivity index (χ1) is 13.4. The molecule has 0 saturated carbocycles. The quantitative estimate of drug-likeness (QED) is 0.556. The number of hydrogen-bond donors (Lipinski definition) is 0. The van der Waals surface area contributed by atoms with Crippen molar-refractivity contribution in [2.45, 2.75) is 25.4 Å². The van der Waals surface area contributed by atoms with Gasteiger partial charge in [-0.25, -0.2) is 15.0 Å². The van der Waals surface area contributed by atoms with Crippen LogP contribution in [0.15, 0.2) is 60.1 Å². The normalized spacial score (nSPS) is 16.1. The van der Waals surface area contributed by atoms with Crippen molar-refractivity contribution in [3.05, 3.63) is 61.2 Å². The van der Waals surface area contributed by atoms with Gasteiger partial charge in [-0.1, -0.05) is 0 Å². The summed E-state index contributed by atoms with van der Waals surface area (Å²) in [7, 11) is 0. The number of furan rings is 1. The highest BCUT2D eigenvalue weighted by molar-refractivity contribution is 5.70. The Morgan fingerprint density at radius 3 is 2.81 bits per heavy atom. The fourth-order valence-electron chi connectivity index (χ4n) is 3.73. The molecule has 0 spiro atoms. The van der Waals surface area contributed by atoms with E-state index < -0.39 is 0 Å². The molecule has 1 saturated heterocycles. The van der Waals surface area contributed by atoms with Crippen molar-refractivity contribution in [3.63, 3.8) is 0 Å². The van der Waals surface area contributed by atoms with Crippen molar-refractivity contribution in [2.24, 2.45) is 0 Å². The minimum atomic E-state index is 0.397. The zero-order chi connectivity index (χ0) is 18.1. The van der Waals surface area contributed by atoms with Crippen LogP contribution in [0, 0.1) is 0 Å². The lowest BCUT2D eigenvalue weighted by Gasteiger charge is -2.32. The Morgan fingerprint density at radius 1 is 1.11 bits per heavy atom. The first-order valence-corrected chi connectivity index (χ1v) is 9.20. The van der Waals surface area contributed by atoms with Crippen LogP contribution in [0.3, 0.4) is 0 Å². The van der Waals surface area contributed by atoms with Crippen molar-refractivity contribution in [2.75, 3.05) is 13.1 Å². The van der Waals surface area contributed by atoms with Gasteiger partial charge in [0.25, 0.3) is 0 Å². The summed E-state index contributed by atoms with van der Waals surface area (Å²) in [6.45, 7) is 3.04. The lowest BCUT2D eigenvalue weighted by atomic mass is 10.0. The molecular formula is C20H20N6O. The maximum atomic E-state index is 5.17. The van der Waals surface area contributed by atoms with Crippen molar-refractivity contribution < 1.29 is 4.42 Å². The van der Waals surface area contributed by atoms with Crippen LogP contribution in [-0.4, -0.2) is 42.5 Å². The lowest BCUT2D eigenvalue weighted by Crippen LogP contribution is -2.34. The van der Waals surface area contributed by atoms with Crippen LogP contribution in [-0.2, 0) is 6.54 Å². The van der Waals surface area contributed by atoms with Gasteiger partial charge < -0.3 is 8.98 Å². The third-order valence-electron chi connectivity index (χ3n) is 5.18. The van der Waals surface area contributed by atoms with E-state index in [0.29, 0.717) is 11.7 Å². The zero-order valence-electron chi connectivity index (χ0n) is 14.9. The second-order valence-electron chi connectivity index (χ2n) is 6.93. The number of nitrogens with zero attached hydrogens (tertiary/aromatic N) is 6. The fraction of sp³-hybridized carbons (Fsp3) is 0.300. The molecule has 0 aliphatic carbocycles. The smallest absolute Gasteiger partial charge is 0.197 e. The molecule has 5 rings (SSSR count). The molecule has 27 heavy (non-hydrogen) atoms. The Bertz CT molecular complexity index is 1020. The summed E-state index contributed by atoms with van der Waals surface area (Å²) in [5, 5.41) is 0. The summed E-state index contributed by atoms with van der Waals surface area (Å²) in [5.41, 5.74) is 4.57. The zero-order valence-corrected chi connectivity index (χ0v) is 14.9. The first-order valence-electron chi connectivity index (χ1n) is 9.20. The summed E-state index contributed by atoms with van der Waals surface area (Å²) < 4.78 is 7.37. The number of fused-ring (bicyclic) bond motifs is 1. The van der Waals surface area contributed by atoms with E-state index in [1.165, 1.54) is 5.56 Å². The molecule has 0 atom stereocenters. The van der Waals surface area contributed by atoms with Gasteiger partial charge in [-0.2, -0.15) is 0 Å². The summed E-state index contributed by atoms with van der Waals surface area (Å²) in [6, 6.07) is 6.34. The average Bonchev–Trinajstić information content (AvgIpc) is 3.39. The van der Waals surface area contributed by atoms with Gasteiger partial charge in [0.1, 0.15) is 0 Å². The molecule has 0 amide bonds. The molecule has 0 N–H and O–H groups in total. The van der Waals surface area contributed by atoms with Crippen molar-refractivity contribution >= 4 is 11.3 Å². The summed E-state index contributed by atoms with van der Waals surface area (Å²) >= 11 is 0. The molecule has 4 aromatic rings. The van der Waals surface area contributed by atoms with Crippen LogP contribution >= 0.6 is 0 Å². The largest absolute Gasteiger partial charge is 0.472 e. The maximum Gasteiger partial charge on any atom is 0.197 e. The third kappa shape index (κ3) is 3.21. The second-order valence-corrected chi connectivity index (χ2v) is 6.93. The molecule has 1 fully saturated rings. The number of pyridine rings is 1. The highest BCUT2D eigenvalue weighted by Crippen LogP contribution is 2.27. The maximum absolute atomic E-state index is 5.17. The van der Waals surface area contributed by atoms with Crippen molar-refractivity contribution in [3.8, 4) is 11.3 Å². The van der Waals surface area contributed by atoms with E-state index >= 15 is 0 Å². The van der Waals surface area contributed by atoms with Gasteiger partial charge in [0.05, 0.1) is 30.7 Å². The minimum Gasteiger partial charge on any atom is -0.472 e. The Labute approximate surface area is 156 Å². The average molecular weight is 360 g/mol. The van der Waals surface area contributed by atoms with Crippen molar-refractivity contribution in [1.82, 2.24) is 29.4 Å². The third-order valence-corrected chi connectivity index (χ3v) is 5.18. The minimum absolute atomic E-state index is 0.397. The molecule has 7 nitrogen and oxygen atoms in total. The predicted molar refractivity (Wildman–Crippen MR) is 101 cm³/mol. The van der Waals surface area contributed by atoms with Crippen LogP contribution in [0.1, 0.15) is 24.4 Å². The van der Waals surface area contributed by atoms with Crippen LogP contribution in [0.5, 0.6) is 0 Å². The number of aromatic nitrogens is 5. The van der Waals surface area contributed by atoms with E-state index in [4.69, 9.17) is 9.40 Å². The van der Waals surface area contributed by atoms with Crippen LogP contribution in [0.2, 0.25) is 0 Å². The van der Waals surface area contributed by atoms with Gasteiger partial charge in [0.15, 0.2) is 11.3 Å². The van der Waals surface area contributed by atoms with Crippen LogP contribution in [0.4, 0.5) is 0 Å². The monoisotopic (exact) mass is 360 g/mol. The van der Waals surface area contributed by atoms with Gasteiger partial charge in [-0.05, 0) is 31.0 Å². The van der Waals surface area contributed by atoms with E-state index in [9.17, 15) is 0 Å². The SMILES string of the molecule is c1cncc(-c2cnc3ncn(C4CCN(Cc5ccoc5)CC4)c3n2)c1. The van der Waals surface area contributed by atoms with Crippen LogP contribution in [0.25, 0.3) is 22.6 Å². The highest BCUT2D eigenvalue weighted by Gasteiger charge is 2.23. The topological polar surface area (TPSA) is 72.9 Å². The second kappa shape index (κ2) is 6.92. The molecule has 5 heterocycles. The van der Waals surface area contributed by atoms with Gasteiger partial charge in [-0.3, -0.25) is 9.88 Å². The molecule has 136 valence electrons. The number of likely N-dealkylation sites (tertiary alicyclic amines) is 1. The van der Waals surface area contributed by atoms with E-state index in [2.05, 4.69) is 24.4 Å². The van der Waals surface area contributed by atoms with Crippen molar-refractivity contribution in [1.29, 1.82) is 0 Å². The van der Waals surface area contributed by atoms with Gasteiger partial charge in [0, 0.05) is 49.2 Å². The molecule has 0 bridgehead atoms. The molecule has 1 aliphatic heterocycles. The molecular weight excluding hydrogens is 340 g/mol. The predicted octanol–water partition coefficient (Wildman–Crippen LogP) is 3.32. The first kappa shape index (κ1) is 16.1. The Balaban J connectivity index is 1.36. The number of hydrogen-bond acceptors (Lipinski definition) is 6. The summed E-state index contributed by atoms with van der Waals surface area (Å²) in [6.07, 6.45) is 12.9. The van der Waals surface area contributed by atoms with E-state index in [1.807, 2.05) is 37.0 Å². The molecule has 0 unspecified atom stereocenters. The molecule has 4 aromatic heterocycles. The van der Waals surface area contributed by atoms with Gasteiger partial charge in [0.2, 0.25) is 0 Å². The van der Waals surface area contributed by atoms with E-state index in [0.717, 1.165) is 49.4 Å². The van der Waals surface area contributed by atoms with E-state index in [-0.39, 0.29) is 0 Å². The molecule has 0 radical (unpaired) electrons. The fourth-order valence-corrected chi connectivity index (χ4v) is 3.73. The number of imidazole rings is 1. The highest BCUT2D eigenvalue weighted by atomic mass is 16.3. The molecule has 0 aromatic carbocycles. The Kier molecular flexibility index (Phi) is 4.14. The molecule has 1 aliphatic rings. The Hall–Kier alpha value is -3.06. The number of piperidine rings is 1. The molecule has 7 heteroatoms. The van der Waals surface area contributed by atoms with Gasteiger partial charge >= 0.3 is 0 Å². The lowest BCUT2D eigenvalue weighted by molar-refractivity contribution is 0.181. The van der Waals surface area contributed by atoms with Crippen LogP contribution < -0.4 is 0 Å². The number of rotatable bonds is 4. The Morgan fingerprint density at radius 2 is 2.04 bits per heavy atom. The van der Waals surface area contributed by atoms with Gasteiger partial charge in [-0.15, -0.1) is 0 Å². The standard InChI is InChI=1S/C20H20N6O/c1-2-16(10-21-6-1)18-11-22-19-20(24-18)26(14-23-19)17-3-7-25(8-4-17)12-15-5-9-27-13-15/h1-2,5-6,9-11,13-14,17H,3-4,7-8,12H2.